The standard InChI is InChI=1S/C16H26N6/c1-4-20(5-2)10-11-21(6-3)15-13-8-7-9-14(13)19-16-17-12-18-22(15)16/h12H,4-11H2,1-3H3. The molecule has 2 aromatic rings. The zero-order chi connectivity index (χ0) is 15.5. The second kappa shape index (κ2) is 6.60. The van der Waals surface area contributed by atoms with Crippen LogP contribution in [0, 0.1) is 0 Å². The molecule has 1 aliphatic rings. The minimum Gasteiger partial charge on any atom is -0.355 e. The van der Waals surface area contributed by atoms with Gasteiger partial charge in [-0.2, -0.15) is 14.6 Å². The normalized spacial score (nSPS) is 14.0. The van der Waals surface area contributed by atoms with Crippen molar-refractivity contribution in [2.75, 3.05) is 37.6 Å². The summed E-state index contributed by atoms with van der Waals surface area (Å²) in [5.41, 5.74) is 2.59. The lowest BCUT2D eigenvalue weighted by molar-refractivity contribution is 0.309. The third kappa shape index (κ3) is 2.67. The highest BCUT2D eigenvalue weighted by molar-refractivity contribution is 5.56. The van der Waals surface area contributed by atoms with Crippen molar-refractivity contribution in [2.24, 2.45) is 0 Å². The molecule has 3 rings (SSSR count). The van der Waals surface area contributed by atoms with Crippen LogP contribution in [0.5, 0.6) is 0 Å². The van der Waals surface area contributed by atoms with E-state index in [1.165, 1.54) is 23.5 Å². The minimum atomic E-state index is 0.733. The summed E-state index contributed by atoms with van der Waals surface area (Å²) < 4.78 is 1.93. The van der Waals surface area contributed by atoms with E-state index in [1.807, 2.05) is 4.52 Å². The number of nitrogens with zero attached hydrogens (tertiary/aromatic N) is 6. The van der Waals surface area contributed by atoms with Crippen LogP contribution in [0.4, 0.5) is 5.82 Å². The Hall–Kier alpha value is -1.69. The molecule has 6 heteroatoms. The predicted octanol–water partition coefficient (Wildman–Crippen LogP) is 1.78. The van der Waals surface area contributed by atoms with E-state index in [9.17, 15) is 0 Å². The fourth-order valence-electron chi connectivity index (χ4n) is 3.34. The number of hydrogen-bond acceptors (Lipinski definition) is 5. The van der Waals surface area contributed by atoms with E-state index >= 15 is 0 Å². The zero-order valence-corrected chi connectivity index (χ0v) is 13.9. The average molecular weight is 302 g/mol. The van der Waals surface area contributed by atoms with Gasteiger partial charge in [-0.3, -0.25) is 0 Å². The van der Waals surface area contributed by atoms with Gasteiger partial charge < -0.3 is 9.80 Å². The van der Waals surface area contributed by atoms with Crippen molar-refractivity contribution >= 4 is 11.6 Å². The van der Waals surface area contributed by atoms with Crippen LogP contribution in [-0.4, -0.2) is 57.2 Å². The highest BCUT2D eigenvalue weighted by Crippen LogP contribution is 2.30. The molecule has 1 aliphatic carbocycles. The molecule has 0 fully saturated rings. The van der Waals surface area contributed by atoms with E-state index in [0.717, 1.165) is 51.3 Å². The summed E-state index contributed by atoms with van der Waals surface area (Å²) in [4.78, 5) is 13.9. The molecule has 22 heavy (non-hydrogen) atoms. The lowest BCUT2D eigenvalue weighted by Crippen LogP contribution is -2.36. The SMILES string of the molecule is CCN(CC)CCN(CC)c1c2c(nc3ncnn13)CCC2. The van der Waals surface area contributed by atoms with Gasteiger partial charge in [0.1, 0.15) is 12.1 Å². The number of anilines is 1. The quantitative estimate of drug-likeness (QED) is 0.780. The summed E-state index contributed by atoms with van der Waals surface area (Å²) in [6.45, 7) is 11.9. The summed E-state index contributed by atoms with van der Waals surface area (Å²) in [6.07, 6.45) is 4.98. The van der Waals surface area contributed by atoms with Gasteiger partial charge in [-0.05, 0) is 39.3 Å². The van der Waals surface area contributed by atoms with Gasteiger partial charge in [-0.1, -0.05) is 13.8 Å². The van der Waals surface area contributed by atoms with E-state index < -0.39 is 0 Å². The van der Waals surface area contributed by atoms with Crippen LogP contribution in [0.3, 0.4) is 0 Å². The summed E-state index contributed by atoms with van der Waals surface area (Å²) in [5.74, 6) is 1.95. The van der Waals surface area contributed by atoms with Crippen LogP contribution in [0.1, 0.15) is 38.4 Å². The molecule has 0 spiro atoms. The monoisotopic (exact) mass is 302 g/mol. The van der Waals surface area contributed by atoms with Gasteiger partial charge >= 0.3 is 0 Å². The Morgan fingerprint density at radius 3 is 2.64 bits per heavy atom. The Kier molecular flexibility index (Phi) is 4.57. The highest BCUT2D eigenvalue weighted by atomic mass is 15.4. The van der Waals surface area contributed by atoms with Crippen LogP contribution in [0.2, 0.25) is 0 Å². The summed E-state index contributed by atoms with van der Waals surface area (Å²) in [5, 5.41) is 4.42. The van der Waals surface area contributed by atoms with Crippen molar-refractivity contribution < 1.29 is 0 Å². The Balaban J connectivity index is 1.94. The van der Waals surface area contributed by atoms with Gasteiger partial charge in [0.05, 0.1) is 5.69 Å². The van der Waals surface area contributed by atoms with Gasteiger partial charge in [-0.15, -0.1) is 0 Å². The number of likely N-dealkylation sites (N-methyl/N-ethyl adjacent to an activating group) is 2. The molecule has 0 unspecified atom stereocenters. The van der Waals surface area contributed by atoms with Crippen LogP contribution >= 0.6 is 0 Å². The van der Waals surface area contributed by atoms with Crippen LogP contribution < -0.4 is 4.90 Å². The summed E-state index contributed by atoms with van der Waals surface area (Å²) in [7, 11) is 0. The number of aryl methyl sites for hydroxylation is 1. The molecule has 0 aliphatic heterocycles. The van der Waals surface area contributed by atoms with E-state index in [2.05, 4.69) is 45.6 Å². The van der Waals surface area contributed by atoms with Crippen molar-refractivity contribution in [2.45, 2.75) is 40.0 Å². The fraction of sp³-hybridized carbons (Fsp3) is 0.688. The summed E-state index contributed by atoms with van der Waals surface area (Å²) >= 11 is 0. The Bertz CT molecular complexity index is 631. The number of hydrogen-bond donors (Lipinski definition) is 0. The van der Waals surface area contributed by atoms with E-state index in [0.29, 0.717) is 0 Å². The van der Waals surface area contributed by atoms with E-state index in [4.69, 9.17) is 0 Å². The maximum absolute atomic E-state index is 4.67. The molecular formula is C16H26N6. The molecular weight excluding hydrogens is 276 g/mol. The van der Waals surface area contributed by atoms with Crippen LogP contribution in [-0.2, 0) is 12.8 Å². The molecule has 120 valence electrons. The topological polar surface area (TPSA) is 49.6 Å². The van der Waals surface area contributed by atoms with E-state index in [1.54, 1.807) is 6.33 Å². The van der Waals surface area contributed by atoms with Crippen molar-refractivity contribution in [3.05, 3.63) is 17.6 Å². The molecule has 6 nitrogen and oxygen atoms in total. The maximum Gasteiger partial charge on any atom is 0.254 e. The molecule has 0 N–H and O–H groups in total. The first-order chi connectivity index (χ1) is 10.8. The smallest absolute Gasteiger partial charge is 0.254 e. The predicted molar refractivity (Wildman–Crippen MR) is 88.5 cm³/mol. The first-order valence-electron chi connectivity index (χ1n) is 8.47. The largest absolute Gasteiger partial charge is 0.355 e. The van der Waals surface area contributed by atoms with Crippen molar-refractivity contribution in [1.82, 2.24) is 24.5 Å². The van der Waals surface area contributed by atoms with Gasteiger partial charge in [0.25, 0.3) is 5.78 Å². The fourth-order valence-corrected chi connectivity index (χ4v) is 3.34. The Morgan fingerprint density at radius 1 is 1.09 bits per heavy atom. The van der Waals surface area contributed by atoms with Crippen molar-refractivity contribution in [3.63, 3.8) is 0 Å². The first kappa shape index (κ1) is 15.2. The summed E-state index contributed by atoms with van der Waals surface area (Å²) in [6, 6.07) is 0. The van der Waals surface area contributed by atoms with Crippen LogP contribution in [0.15, 0.2) is 6.33 Å². The second-order valence-electron chi connectivity index (χ2n) is 5.79. The molecule has 2 aromatic heterocycles. The average Bonchev–Trinajstić information content (AvgIpc) is 3.18. The van der Waals surface area contributed by atoms with Gasteiger partial charge in [0.15, 0.2) is 0 Å². The lowest BCUT2D eigenvalue weighted by Gasteiger charge is -2.28. The van der Waals surface area contributed by atoms with Crippen LogP contribution in [0.25, 0.3) is 5.78 Å². The number of aromatic nitrogens is 4. The molecule has 0 amide bonds. The van der Waals surface area contributed by atoms with Crippen molar-refractivity contribution in [1.29, 1.82) is 0 Å². The highest BCUT2D eigenvalue weighted by Gasteiger charge is 2.24. The third-order valence-electron chi connectivity index (χ3n) is 4.69. The number of fused-ring (bicyclic) bond motifs is 2. The van der Waals surface area contributed by atoms with E-state index in [-0.39, 0.29) is 0 Å². The molecule has 0 aromatic carbocycles. The van der Waals surface area contributed by atoms with Gasteiger partial charge in [-0.25, -0.2) is 4.98 Å². The molecule has 0 saturated carbocycles. The molecule has 0 bridgehead atoms. The Morgan fingerprint density at radius 2 is 1.91 bits per heavy atom. The first-order valence-corrected chi connectivity index (χ1v) is 8.47. The second-order valence-corrected chi connectivity index (χ2v) is 5.79. The van der Waals surface area contributed by atoms with Gasteiger partial charge in [0, 0.05) is 25.2 Å². The maximum atomic E-state index is 4.67. The molecule has 2 heterocycles. The zero-order valence-electron chi connectivity index (χ0n) is 13.9. The van der Waals surface area contributed by atoms with Crippen molar-refractivity contribution in [3.8, 4) is 0 Å². The molecule has 0 atom stereocenters. The van der Waals surface area contributed by atoms with Gasteiger partial charge in [0.2, 0.25) is 0 Å². The number of rotatable bonds is 7. The minimum absolute atomic E-state index is 0.733. The molecule has 0 radical (unpaired) electrons. The lowest BCUT2D eigenvalue weighted by atomic mass is 10.2. The Labute approximate surface area is 132 Å². The third-order valence-corrected chi connectivity index (χ3v) is 4.69. The molecule has 0 saturated heterocycles.